The van der Waals surface area contributed by atoms with E-state index < -0.39 is 5.97 Å². The zero-order valence-electron chi connectivity index (χ0n) is 13.0. The Kier molecular flexibility index (Phi) is 8.94. The zero-order chi connectivity index (χ0) is 14.8. The Morgan fingerprint density at radius 3 is 2.32 bits per heavy atom. The number of hydrogen-bond donors (Lipinski definition) is 1. The van der Waals surface area contributed by atoms with Crippen molar-refractivity contribution in [1.82, 2.24) is 0 Å². The summed E-state index contributed by atoms with van der Waals surface area (Å²) < 4.78 is 0. The molecule has 0 aliphatic heterocycles. The first-order chi connectivity index (χ1) is 8.96. The maximum atomic E-state index is 11.4. The van der Waals surface area contributed by atoms with Crippen LogP contribution in [0.4, 0.5) is 0 Å². The molecule has 0 aromatic carbocycles. The van der Waals surface area contributed by atoms with Gasteiger partial charge in [-0.1, -0.05) is 64.3 Å². The molecule has 0 rings (SSSR count). The average molecular weight is 264 g/mol. The fourth-order valence-electron chi connectivity index (χ4n) is 1.62. The van der Waals surface area contributed by atoms with Crippen molar-refractivity contribution < 1.29 is 9.90 Å². The van der Waals surface area contributed by atoms with Crippen LogP contribution in [0, 0.1) is 5.92 Å². The molecule has 0 saturated carbocycles. The maximum Gasteiger partial charge on any atom is 0.335 e. The monoisotopic (exact) mass is 264 g/mol. The van der Waals surface area contributed by atoms with Crippen molar-refractivity contribution in [2.75, 3.05) is 0 Å². The normalized spacial score (nSPS) is 15.5. The van der Waals surface area contributed by atoms with Gasteiger partial charge in [0.25, 0.3) is 0 Å². The quantitative estimate of drug-likeness (QED) is 0.487. The first-order valence-electron chi connectivity index (χ1n) is 7.28. The van der Waals surface area contributed by atoms with Crippen molar-refractivity contribution in [1.29, 1.82) is 0 Å². The first-order valence-corrected chi connectivity index (χ1v) is 7.28. The highest BCUT2D eigenvalue weighted by molar-refractivity contribution is 5.92. The highest BCUT2D eigenvalue weighted by Crippen LogP contribution is 2.20. The van der Waals surface area contributed by atoms with Gasteiger partial charge in [-0.15, -0.1) is 0 Å². The summed E-state index contributed by atoms with van der Waals surface area (Å²) in [6, 6.07) is 0. The van der Waals surface area contributed by atoms with Gasteiger partial charge in [-0.05, 0) is 31.3 Å². The number of aliphatic carboxylic acids is 1. The molecular weight excluding hydrogens is 236 g/mol. The lowest BCUT2D eigenvalue weighted by Crippen LogP contribution is -2.05. The number of carboxylic acid groups (broad SMARTS) is 1. The molecule has 0 bridgehead atoms. The summed E-state index contributed by atoms with van der Waals surface area (Å²) in [6.45, 7) is 10.4. The van der Waals surface area contributed by atoms with E-state index in [-0.39, 0.29) is 0 Å². The average Bonchev–Trinajstić information content (AvgIpc) is 2.38. The number of hydrogen-bond acceptors (Lipinski definition) is 1. The van der Waals surface area contributed by atoms with E-state index in [4.69, 9.17) is 0 Å². The van der Waals surface area contributed by atoms with Gasteiger partial charge in [0.15, 0.2) is 0 Å². The number of rotatable bonds is 8. The molecule has 0 aromatic rings. The van der Waals surface area contributed by atoms with Crippen LogP contribution in [0.1, 0.15) is 60.3 Å². The number of allylic oxidation sites excluding steroid dienone is 4. The second-order valence-corrected chi connectivity index (χ2v) is 5.06. The van der Waals surface area contributed by atoms with E-state index in [2.05, 4.69) is 33.8 Å². The Morgan fingerprint density at radius 1 is 1.26 bits per heavy atom. The fourth-order valence-corrected chi connectivity index (χ4v) is 1.62. The molecule has 0 aliphatic rings. The van der Waals surface area contributed by atoms with Crippen LogP contribution in [0.15, 0.2) is 34.9 Å². The minimum atomic E-state index is -0.830. The molecule has 0 aliphatic carbocycles. The summed E-state index contributed by atoms with van der Waals surface area (Å²) in [4.78, 5) is 11.4. The van der Waals surface area contributed by atoms with Crippen LogP contribution in [-0.4, -0.2) is 11.1 Å². The van der Waals surface area contributed by atoms with Crippen LogP contribution >= 0.6 is 0 Å². The minimum absolute atomic E-state index is 0.389. The smallest absolute Gasteiger partial charge is 0.335 e. The summed E-state index contributed by atoms with van der Waals surface area (Å²) in [5.74, 6) is -0.441. The third kappa shape index (κ3) is 7.00. The molecule has 1 N–H and O–H groups in total. The van der Waals surface area contributed by atoms with Crippen LogP contribution in [0.25, 0.3) is 0 Å². The molecule has 0 amide bonds. The van der Waals surface area contributed by atoms with E-state index >= 15 is 0 Å². The van der Waals surface area contributed by atoms with Crippen molar-refractivity contribution in [2.24, 2.45) is 5.92 Å². The molecule has 2 heteroatoms. The lowest BCUT2D eigenvalue weighted by atomic mass is 9.96. The standard InChI is InChI=1S/C17H28O2/c1-6-9-10-16(17(18)19)15(11-13(4)7-2)12-14(5)8-3/h10-13H,6-9H2,1-5H3,(H,18,19)/b14-12+,15-11+,16-10+. The molecule has 0 spiro atoms. The summed E-state index contributed by atoms with van der Waals surface area (Å²) in [5, 5.41) is 9.40. The molecule has 1 atom stereocenters. The van der Waals surface area contributed by atoms with Crippen molar-refractivity contribution in [3.63, 3.8) is 0 Å². The van der Waals surface area contributed by atoms with Crippen LogP contribution in [0.5, 0.6) is 0 Å². The molecule has 0 heterocycles. The van der Waals surface area contributed by atoms with E-state index in [0.717, 1.165) is 31.3 Å². The molecular formula is C17H28O2. The maximum absolute atomic E-state index is 11.4. The van der Waals surface area contributed by atoms with Gasteiger partial charge in [0, 0.05) is 0 Å². The largest absolute Gasteiger partial charge is 0.478 e. The molecule has 0 radical (unpaired) electrons. The van der Waals surface area contributed by atoms with Crippen molar-refractivity contribution in [2.45, 2.75) is 60.3 Å². The Balaban J connectivity index is 5.53. The number of carbonyl (C=O) groups is 1. The number of carboxylic acids is 1. The molecule has 0 fully saturated rings. The summed E-state index contributed by atoms with van der Waals surface area (Å²) in [5.41, 5.74) is 2.50. The highest BCUT2D eigenvalue weighted by Gasteiger charge is 2.12. The molecule has 0 saturated heterocycles. The lowest BCUT2D eigenvalue weighted by Gasteiger charge is -2.09. The molecule has 108 valence electrons. The van der Waals surface area contributed by atoms with Crippen LogP contribution in [-0.2, 0) is 4.79 Å². The van der Waals surface area contributed by atoms with Crippen molar-refractivity contribution >= 4 is 5.97 Å². The first kappa shape index (κ1) is 17.7. The van der Waals surface area contributed by atoms with Gasteiger partial charge in [-0.3, -0.25) is 0 Å². The second kappa shape index (κ2) is 9.60. The molecule has 2 nitrogen and oxygen atoms in total. The van der Waals surface area contributed by atoms with Crippen LogP contribution in [0.3, 0.4) is 0 Å². The Morgan fingerprint density at radius 2 is 1.89 bits per heavy atom. The Labute approximate surface area is 117 Å². The molecule has 1 unspecified atom stereocenters. The summed E-state index contributed by atoms with van der Waals surface area (Å²) in [6.07, 6.45) is 9.66. The second-order valence-electron chi connectivity index (χ2n) is 5.06. The van der Waals surface area contributed by atoms with Gasteiger partial charge < -0.3 is 5.11 Å². The lowest BCUT2D eigenvalue weighted by molar-refractivity contribution is -0.132. The third-order valence-electron chi connectivity index (χ3n) is 3.25. The van der Waals surface area contributed by atoms with Crippen molar-refractivity contribution in [3.8, 4) is 0 Å². The Bertz CT molecular complexity index is 373. The fraction of sp³-hybridized carbons (Fsp3) is 0.588. The zero-order valence-corrected chi connectivity index (χ0v) is 13.0. The van der Waals surface area contributed by atoms with E-state index in [0.29, 0.717) is 11.5 Å². The van der Waals surface area contributed by atoms with Gasteiger partial charge in [-0.25, -0.2) is 4.79 Å². The van der Waals surface area contributed by atoms with Gasteiger partial charge in [0.2, 0.25) is 0 Å². The number of unbranched alkanes of at least 4 members (excludes halogenated alkanes) is 1. The third-order valence-corrected chi connectivity index (χ3v) is 3.25. The van der Waals surface area contributed by atoms with Crippen LogP contribution in [0.2, 0.25) is 0 Å². The SMILES string of the molecule is CCC\C=C(C(=O)O)/C(/C=C(\C)CC)=C/C(C)CC. The molecule has 19 heavy (non-hydrogen) atoms. The summed E-state index contributed by atoms with van der Waals surface area (Å²) >= 11 is 0. The van der Waals surface area contributed by atoms with E-state index in [1.165, 1.54) is 5.57 Å². The predicted octanol–water partition coefficient (Wildman–Crippen LogP) is 5.13. The van der Waals surface area contributed by atoms with E-state index in [1.807, 2.05) is 19.1 Å². The minimum Gasteiger partial charge on any atom is -0.478 e. The van der Waals surface area contributed by atoms with Crippen molar-refractivity contribution in [3.05, 3.63) is 34.9 Å². The van der Waals surface area contributed by atoms with Gasteiger partial charge in [-0.2, -0.15) is 0 Å². The highest BCUT2D eigenvalue weighted by atomic mass is 16.4. The van der Waals surface area contributed by atoms with E-state index in [1.54, 1.807) is 0 Å². The van der Waals surface area contributed by atoms with Gasteiger partial charge in [0.1, 0.15) is 0 Å². The predicted molar refractivity (Wildman–Crippen MR) is 82.2 cm³/mol. The van der Waals surface area contributed by atoms with E-state index in [9.17, 15) is 9.90 Å². The van der Waals surface area contributed by atoms with Gasteiger partial charge in [0.05, 0.1) is 5.57 Å². The Hall–Kier alpha value is -1.31. The topological polar surface area (TPSA) is 37.3 Å². The van der Waals surface area contributed by atoms with Crippen LogP contribution < -0.4 is 0 Å². The summed E-state index contributed by atoms with van der Waals surface area (Å²) in [7, 11) is 0. The molecule has 0 aromatic heterocycles. The van der Waals surface area contributed by atoms with Gasteiger partial charge >= 0.3 is 5.97 Å².